The van der Waals surface area contributed by atoms with E-state index in [0.29, 0.717) is 18.7 Å². The number of carbonyl (C=O) groups is 2. The zero-order chi connectivity index (χ0) is 14.0. The Labute approximate surface area is 108 Å². The third-order valence-electron chi connectivity index (χ3n) is 3.03. The summed E-state index contributed by atoms with van der Waals surface area (Å²) in [6, 6.07) is 5.37. The standard InChI is InChI=1S/C12H12N2O5/c15-11(16)5-8-6-13(7-8)12(17)9-1-3-10(4-2-9)14(18)19/h1-4,8H,5-7H2,(H,15,16). The minimum atomic E-state index is -0.868. The second-order valence-electron chi connectivity index (χ2n) is 4.48. The predicted molar refractivity (Wildman–Crippen MR) is 64.7 cm³/mol. The number of carbonyl (C=O) groups excluding carboxylic acids is 1. The van der Waals surface area contributed by atoms with Crippen molar-refractivity contribution < 1.29 is 19.6 Å². The van der Waals surface area contributed by atoms with E-state index in [1.165, 1.54) is 29.2 Å². The SMILES string of the molecule is O=C(O)CC1CN(C(=O)c2ccc([N+](=O)[O-])cc2)C1. The van der Waals surface area contributed by atoms with Gasteiger partial charge in [0.2, 0.25) is 0 Å². The van der Waals surface area contributed by atoms with Crippen molar-refractivity contribution in [1.82, 2.24) is 4.90 Å². The molecule has 7 nitrogen and oxygen atoms in total. The first-order valence-electron chi connectivity index (χ1n) is 5.73. The van der Waals surface area contributed by atoms with Crippen molar-refractivity contribution in [3.8, 4) is 0 Å². The van der Waals surface area contributed by atoms with Crippen molar-refractivity contribution in [2.45, 2.75) is 6.42 Å². The van der Waals surface area contributed by atoms with Crippen LogP contribution in [0.25, 0.3) is 0 Å². The molecule has 0 aliphatic carbocycles. The molecule has 7 heteroatoms. The van der Waals surface area contributed by atoms with E-state index >= 15 is 0 Å². The van der Waals surface area contributed by atoms with Crippen LogP contribution in [0.5, 0.6) is 0 Å². The molecular formula is C12H12N2O5. The Morgan fingerprint density at radius 2 is 1.89 bits per heavy atom. The lowest BCUT2D eigenvalue weighted by Gasteiger charge is -2.38. The molecular weight excluding hydrogens is 252 g/mol. The lowest BCUT2D eigenvalue weighted by Crippen LogP contribution is -2.50. The molecule has 1 heterocycles. The molecule has 0 bridgehead atoms. The van der Waals surface area contributed by atoms with Crippen LogP contribution < -0.4 is 0 Å². The molecule has 19 heavy (non-hydrogen) atoms. The molecule has 1 N–H and O–H groups in total. The van der Waals surface area contributed by atoms with Crippen LogP contribution in [0.15, 0.2) is 24.3 Å². The summed E-state index contributed by atoms with van der Waals surface area (Å²) in [6.07, 6.45) is 0.0596. The molecule has 0 unspecified atom stereocenters. The summed E-state index contributed by atoms with van der Waals surface area (Å²) < 4.78 is 0. The van der Waals surface area contributed by atoms with Gasteiger partial charge < -0.3 is 10.0 Å². The van der Waals surface area contributed by atoms with Crippen molar-refractivity contribution in [2.24, 2.45) is 5.92 Å². The van der Waals surface area contributed by atoms with Gasteiger partial charge in [0.25, 0.3) is 11.6 Å². The first-order chi connectivity index (χ1) is 8.97. The molecule has 2 rings (SSSR count). The van der Waals surface area contributed by atoms with E-state index in [2.05, 4.69) is 0 Å². The monoisotopic (exact) mass is 264 g/mol. The number of benzene rings is 1. The smallest absolute Gasteiger partial charge is 0.303 e. The number of hydrogen-bond donors (Lipinski definition) is 1. The Bertz CT molecular complexity index is 519. The molecule has 1 fully saturated rings. The number of rotatable bonds is 4. The number of carboxylic acids is 1. The molecule has 1 aromatic carbocycles. The van der Waals surface area contributed by atoms with Crippen molar-refractivity contribution in [3.63, 3.8) is 0 Å². The number of amides is 1. The Balaban J connectivity index is 1.94. The van der Waals surface area contributed by atoms with Gasteiger partial charge in [0.05, 0.1) is 11.3 Å². The molecule has 0 atom stereocenters. The van der Waals surface area contributed by atoms with Gasteiger partial charge in [0.1, 0.15) is 0 Å². The van der Waals surface area contributed by atoms with Crippen LogP contribution in [-0.4, -0.2) is 39.9 Å². The van der Waals surface area contributed by atoms with E-state index in [-0.39, 0.29) is 23.9 Å². The number of likely N-dealkylation sites (tertiary alicyclic amines) is 1. The van der Waals surface area contributed by atoms with Gasteiger partial charge in [-0.2, -0.15) is 0 Å². The highest BCUT2D eigenvalue weighted by atomic mass is 16.6. The van der Waals surface area contributed by atoms with Gasteiger partial charge in [0.15, 0.2) is 0 Å². The Morgan fingerprint density at radius 1 is 1.32 bits per heavy atom. The summed E-state index contributed by atoms with van der Waals surface area (Å²) in [7, 11) is 0. The lowest BCUT2D eigenvalue weighted by atomic mass is 9.95. The molecule has 1 aromatic rings. The fourth-order valence-corrected chi connectivity index (χ4v) is 2.02. The molecule has 1 aliphatic heterocycles. The second-order valence-corrected chi connectivity index (χ2v) is 4.48. The van der Waals surface area contributed by atoms with Gasteiger partial charge in [0, 0.05) is 36.7 Å². The normalized spacial score (nSPS) is 14.8. The van der Waals surface area contributed by atoms with Crippen LogP contribution in [0.1, 0.15) is 16.8 Å². The predicted octanol–water partition coefficient (Wildman–Crippen LogP) is 1.14. The van der Waals surface area contributed by atoms with Crippen LogP contribution in [0, 0.1) is 16.0 Å². The minimum absolute atomic E-state index is 0.000464. The first kappa shape index (κ1) is 13.0. The quantitative estimate of drug-likeness (QED) is 0.649. The Morgan fingerprint density at radius 3 is 2.37 bits per heavy atom. The summed E-state index contributed by atoms with van der Waals surface area (Å²) in [5.74, 6) is -1.09. The number of nitrogens with zero attached hydrogens (tertiary/aromatic N) is 2. The van der Waals surface area contributed by atoms with Crippen LogP contribution in [0.4, 0.5) is 5.69 Å². The maximum Gasteiger partial charge on any atom is 0.303 e. The molecule has 0 spiro atoms. The summed E-state index contributed by atoms with van der Waals surface area (Å²) >= 11 is 0. The number of hydrogen-bond acceptors (Lipinski definition) is 4. The van der Waals surface area contributed by atoms with Crippen LogP contribution in [0.2, 0.25) is 0 Å². The van der Waals surface area contributed by atoms with Crippen molar-refractivity contribution in [3.05, 3.63) is 39.9 Å². The molecule has 1 aliphatic rings. The highest BCUT2D eigenvalue weighted by molar-refractivity contribution is 5.95. The maximum atomic E-state index is 11.9. The lowest BCUT2D eigenvalue weighted by molar-refractivity contribution is -0.384. The number of carboxylic acid groups (broad SMARTS) is 1. The summed E-state index contributed by atoms with van der Waals surface area (Å²) in [6.45, 7) is 0.838. The van der Waals surface area contributed by atoms with Crippen molar-refractivity contribution in [1.29, 1.82) is 0 Å². The fourth-order valence-electron chi connectivity index (χ4n) is 2.02. The van der Waals surface area contributed by atoms with Crippen LogP contribution in [0.3, 0.4) is 0 Å². The van der Waals surface area contributed by atoms with Gasteiger partial charge in [-0.05, 0) is 12.1 Å². The average molecular weight is 264 g/mol. The van der Waals surface area contributed by atoms with E-state index in [0.717, 1.165) is 0 Å². The van der Waals surface area contributed by atoms with Crippen LogP contribution in [-0.2, 0) is 4.79 Å². The van der Waals surface area contributed by atoms with Gasteiger partial charge in [-0.25, -0.2) is 0 Å². The fraction of sp³-hybridized carbons (Fsp3) is 0.333. The van der Waals surface area contributed by atoms with Gasteiger partial charge in [-0.1, -0.05) is 0 Å². The maximum absolute atomic E-state index is 11.9. The van der Waals surface area contributed by atoms with Crippen molar-refractivity contribution in [2.75, 3.05) is 13.1 Å². The number of non-ortho nitro benzene ring substituents is 1. The summed E-state index contributed by atoms with van der Waals surface area (Å²) in [5, 5.41) is 19.1. The largest absolute Gasteiger partial charge is 0.481 e. The zero-order valence-corrected chi connectivity index (χ0v) is 9.98. The minimum Gasteiger partial charge on any atom is -0.481 e. The third-order valence-corrected chi connectivity index (χ3v) is 3.03. The van der Waals surface area contributed by atoms with E-state index in [4.69, 9.17) is 5.11 Å². The molecule has 0 radical (unpaired) electrons. The molecule has 100 valence electrons. The Hall–Kier alpha value is -2.44. The van der Waals surface area contributed by atoms with Crippen LogP contribution >= 0.6 is 0 Å². The second kappa shape index (κ2) is 5.05. The average Bonchev–Trinajstić information content (AvgIpc) is 2.32. The highest BCUT2D eigenvalue weighted by Gasteiger charge is 2.32. The summed E-state index contributed by atoms with van der Waals surface area (Å²) in [4.78, 5) is 33.9. The van der Waals surface area contributed by atoms with E-state index in [1.807, 2.05) is 0 Å². The van der Waals surface area contributed by atoms with E-state index in [9.17, 15) is 19.7 Å². The molecule has 0 aromatic heterocycles. The van der Waals surface area contributed by atoms with Gasteiger partial charge in [-0.15, -0.1) is 0 Å². The number of aliphatic carboxylic acids is 1. The van der Waals surface area contributed by atoms with Crippen molar-refractivity contribution >= 4 is 17.6 Å². The molecule has 1 amide bonds. The van der Waals surface area contributed by atoms with Gasteiger partial charge >= 0.3 is 5.97 Å². The number of nitro benzene ring substituents is 1. The molecule has 1 saturated heterocycles. The third kappa shape index (κ3) is 2.87. The first-order valence-corrected chi connectivity index (χ1v) is 5.73. The van der Waals surface area contributed by atoms with Gasteiger partial charge in [-0.3, -0.25) is 19.7 Å². The highest BCUT2D eigenvalue weighted by Crippen LogP contribution is 2.22. The zero-order valence-electron chi connectivity index (χ0n) is 9.98. The Kier molecular flexibility index (Phi) is 3.46. The van der Waals surface area contributed by atoms with E-state index in [1.54, 1.807) is 0 Å². The topological polar surface area (TPSA) is 101 Å². The molecule has 0 saturated carbocycles. The van der Waals surface area contributed by atoms with E-state index < -0.39 is 10.9 Å². The summed E-state index contributed by atoms with van der Waals surface area (Å²) in [5.41, 5.74) is 0.309. The number of nitro groups is 1.